The van der Waals surface area contributed by atoms with Crippen molar-refractivity contribution in [1.29, 1.82) is 0 Å². The maximum absolute atomic E-state index is 12.6. The first-order valence-corrected chi connectivity index (χ1v) is 11.4. The highest BCUT2D eigenvalue weighted by atomic mass is 16.5. The van der Waals surface area contributed by atoms with Crippen molar-refractivity contribution in [2.24, 2.45) is 5.92 Å². The Balaban J connectivity index is 1.33. The number of fused-ring (bicyclic) bond motifs is 3. The second kappa shape index (κ2) is 9.25. The zero-order chi connectivity index (χ0) is 23.6. The molecule has 33 heavy (non-hydrogen) atoms. The van der Waals surface area contributed by atoms with E-state index in [-0.39, 0.29) is 30.8 Å². The minimum absolute atomic E-state index is 0.0334. The van der Waals surface area contributed by atoms with E-state index >= 15 is 0 Å². The summed E-state index contributed by atoms with van der Waals surface area (Å²) in [5.41, 5.74) is 3.93. The zero-order valence-electron chi connectivity index (χ0n) is 19.0. The van der Waals surface area contributed by atoms with E-state index in [2.05, 4.69) is 34.9 Å². The molecule has 0 aromatic heterocycles. The number of carbonyl (C=O) groups is 3. The Morgan fingerprint density at radius 2 is 1.61 bits per heavy atom. The number of benzene rings is 2. The van der Waals surface area contributed by atoms with Crippen LogP contribution >= 0.6 is 0 Å². The number of nitrogens with one attached hydrogen (secondary N) is 2. The van der Waals surface area contributed by atoms with E-state index < -0.39 is 23.6 Å². The third kappa shape index (κ3) is 5.18. The van der Waals surface area contributed by atoms with Crippen LogP contribution in [0.2, 0.25) is 0 Å². The molecule has 2 amide bonds. The van der Waals surface area contributed by atoms with Crippen LogP contribution in [0.1, 0.15) is 56.6 Å². The molecule has 1 atom stereocenters. The maximum atomic E-state index is 12.6. The smallest absolute Gasteiger partial charge is 0.407 e. The minimum Gasteiger partial charge on any atom is -0.480 e. The van der Waals surface area contributed by atoms with Crippen LogP contribution < -0.4 is 10.6 Å². The predicted molar refractivity (Wildman–Crippen MR) is 124 cm³/mol. The average molecular weight is 451 g/mol. The van der Waals surface area contributed by atoms with Gasteiger partial charge in [0.2, 0.25) is 5.91 Å². The number of ether oxygens (including phenoxy) is 1. The number of carboxylic acid groups (broad SMARTS) is 1. The SMILES string of the molecule is CC(C)CC(NC(=O)CC1(NC(=O)OCC2c3ccccc3-c3ccccc32)CC1)C(=O)O. The van der Waals surface area contributed by atoms with Gasteiger partial charge in [-0.1, -0.05) is 62.4 Å². The van der Waals surface area contributed by atoms with Crippen molar-refractivity contribution < 1.29 is 24.2 Å². The van der Waals surface area contributed by atoms with Crippen molar-refractivity contribution in [1.82, 2.24) is 10.6 Å². The molecule has 0 heterocycles. The Morgan fingerprint density at radius 1 is 1.03 bits per heavy atom. The lowest BCUT2D eigenvalue weighted by Gasteiger charge is -2.21. The van der Waals surface area contributed by atoms with Crippen LogP contribution in [-0.4, -0.2) is 41.3 Å². The number of carbonyl (C=O) groups excluding carboxylic acids is 2. The highest BCUT2D eigenvalue weighted by molar-refractivity contribution is 5.85. The van der Waals surface area contributed by atoms with Gasteiger partial charge in [-0.2, -0.15) is 0 Å². The summed E-state index contributed by atoms with van der Waals surface area (Å²) >= 11 is 0. The number of carboxylic acids is 1. The van der Waals surface area contributed by atoms with E-state index in [4.69, 9.17) is 4.74 Å². The predicted octanol–water partition coefficient (Wildman–Crippen LogP) is 4.06. The summed E-state index contributed by atoms with van der Waals surface area (Å²) in [5, 5.41) is 14.8. The van der Waals surface area contributed by atoms with E-state index in [1.54, 1.807) is 0 Å². The first-order chi connectivity index (χ1) is 15.8. The molecule has 174 valence electrons. The van der Waals surface area contributed by atoms with E-state index in [0.717, 1.165) is 22.3 Å². The van der Waals surface area contributed by atoms with Crippen LogP contribution in [0.4, 0.5) is 4.79 Å². The Morgan fingerprint density at radius 3 is 2.12 bits per heavy atom. The Kier molecular flexibility index (Phi) is 6.40. The van der Waals surface area contributed by atoms with Gasteiger partial charge in [0.1, 0.15) is 12.6 Å². The van der Waals surface area contributed by atoms with E-state index in [1.807, 2.05) is 38.1 Å². The molecule has 7 nitrogen and oxygen atoms in total. The summed E-state index contributed by atoms with van der Waals surface area (Å²) in [7, 11) is 0. The summed E-state index contributed by atoms with van der Waals surface area (Å²) in [6, 6.07) is 15.3. The highest BCUT2D eigenvalue weighted by Gasteiger charge is 2.46. The molecule has 0 aliphatic heterocycles. The second-order valence-electron chi connectivity index (χ2n) is 9.50. The van der Waals surface area contributed by atoms with Gasteiger partial charge in [-0.15, -0.1) is 0 Å². The molecule has 2 aliphatic carbocycles. The van der Waals surface area contributed by atoms with Gasteiger partial charge in [0.15, 0.2) is 0 Å². The molecular formula is C26H30N2O5. The third-order valence-electron chi connectivity index (χ3n) is 6.40. The summed E-state index contributed by atoms with van der Waals surface area (Å²) in [6.07, 6.45) is 1.16. The number of amides is 2. The lowest BCUT2D eigenvalue weighted by Crippen LogP contribution is -2.46. The normalized spacial score (nSPS) is 16.5. The largest absolute Gasteiger partial charge is 0.480 e. The number of hydrogen-bond donors (Lipinski definition) is 3. The molecule has 0 saturated heterocycles. The molecule has 2 aliphatic rings. The van der Waals surface area contributed by atoms with E-state index in [1.165, 1.54) is 0 Å². The van der Waals surface area contributed by atoms with Gasteiger partial charge in [-0.05, 0) is 47.4 Å². The monoisotopic (exact) mass is 450 g/mol. The van der Waals surface area contributed by atoms with Gasteiger partial charge < -0.3 is 20.5 Å². The average Bonchev–Trinajstić information content (AvgIpc) is 3.43. The quantitative estimate of drug-likeness (QED) is 0.534. The fourth-order valence-electron chi connectivity index (χ4n) is 4.59. The van der Waals surface area contributed by atoms with Crippen LogP contribution in [-0.2, 0) is 14.3 Å². The zero-order valence-corrected chi connectivity index (χ0v) is 19.0. The van der Waals surface area contributed by atoms with Crippen molar-refractivity contribution in [3.05, 3.63) is 59.7 Å². The summed E-state index contributed by atoms with van der Waals surface area (Å²) in [6.45, 7) is 4.02. The number of alkyl carbamates (subject to hydrolysis) is 1. The molecule has 7 heteroatoms. The standard InChI is InChI=1S/C26H30N2O5/c1-16(2)13-22(24(30)31)27-23(29)14-26(11-12-26)28-25(32)33-15-21-19-9-5-3-7-17(19)18-8-4-6-10-20(18)21/h3-10,16,21-22H,11-15H2,1-2H3,(H,27,29)(H,28,32)(H,30,31). The molecular weight excluding hydrogens is 420 g/mol. The van der Waals surface area contributed by atoms with Gasteiger partial charge in [-0.25, -0.2) is 9.59 Å². The minimum atomic E-state index is -1.05. The van der Waals surface area contributed by atoms with E-state index in [9.17, 15) is 19.5 Å². The first-order valence-electron chi connectivity index (χ1n) is 11.4. The van der Waals surface area contributed by atoms with Crippen molar-refractivity contribution in [3.63, 3.8) is 0 Å². The van der Waals surface area contributed by atoms with Crippen LogP contribution in [0.15, 0.2) is 48.5 Å². The second-order valence-corrected chi connectivity index (χ2v) is 9.50. The van der Waals surface area contributed by atoms with Gasteiger partial charge in [-0.3, -0.25) is 4.79 Å². The third-order valence-corrected chi connectivity index (χ3v) is 6.40. The van der Waals surface area contributed by atoms with E-state index in [0.29, 0.717) is 19.3 Å². The fraction of sp³-hybridized carbons (Fsp3) is 0.423. The lowest BCUT2D eigenvalue weighted by molar-refractivity contribution is -0.142. The maximum Gasteiger partial charge on any atom is 0.407 e. The molecule has 1 saturated carbocycles. The molecule has 3 N–H and O–H groups in total. The molecule has 2 aromatic carbocycles. The number of hydrogen-bond acceptors (Lipinski definition) is 4. The van der Waals surface area contributed by atoms with Gasteiger partial charge in [0.05, 0.1) is 5.54 Å². The van der Waals surface area contributed by atoms with Gasteiger partial charge in [0, 0.05) is 12.3 Å². The summed E-state index contributed by atoms with van der Waals surface area (Å²) < 4.78 is 5.59. The van der Waals surface area contributed by atoms with Crippen LogP contribution in [0.25, 0.3) is 11.1 Å². The fourth-order valence-corrected chi connectivity index (χ4v) is 4.59. The van der Waals surface area contributed by atoms with Crippen molar-refractivity contribution in [2.75, 3.05) is 6.61 Å². The van der Waals surface area contributed by atoms with Crippen molar-refractivity contribution in [3.8, 4) is 11.1 Å². The molecule has 0 bridgehead atoms. The molecule has 4 rings (SSSR count). The van der Waals surface area contributed by atoms with Crippen LogP contribution in [0, 0.1) is 5.92 Å². The van der Waals surface area contributed by atoms with Crippen molar-refractivity contribution >= 4 is 18.0 Å². The highest BCUT2D eigenvalue weighted by Crippen LogP contribution is 2.44. The molecule has 0 radical (unpaired) electrons. The van der Waals surface area contributed by atoms with Crippen LogP contribution in [0.5, 0.6) is 0 Å². The Hall–Kier alpha value is -3.35. The topological polar surface area (TPSA) is 105 Å². The van der Waals surface area contributed by atoms with Crippen molar-refractivity contribution in [2.45, 2.75) is 57.0 Å². The number of aliphatic carboxylic acids is 1. The Bertz CT molecular complexity index is 1010. The Labute approximate surface area is 193 Å². The molecule has 2 aromatic rings. The summed E-state index contributed by atoms with van der Waals surface area (Å²) in [5.74, 6) is -1.32. The first kappa shape index (κ1) is 22.8. The van der Waals surface area contributed by atoms with Gasteiger partial charge >= 0.3 is 12.1 Å². The molecule has 1 fully saturated rings. The molecule has 1 unspecified atom stereocenters. The lowest BCUT2D eigenvalue weighted by atomic mass is 9.98. The van der Waals surface area contributed by atoms with Crippen LogP contribution in [0.3, 0.4) is 0 Å². The molecule has 0 spiro atoms. The van der Waals surface area contributed by atoms with Gasteiger partial charge in [0.25, 0.3) is 0 Å². The number of rotatable bonds is 9. The summed E-state index contributed by atoms with van der Waals surface area (Å²) in [4.78, 5) is 36.4.